The van der Waals surface area contributed by atoms with Gasteiger partial charge in [-0.25, -0.2) is 4.79 Å². The Bertz CT molecular complexity index is 626. The number of para-hydroxylation sites is 1. The molecule has 22 heavy (non-hydrogen) atoms. The van der Waals surface area contributed by atoms with Gasteiger partial charge in [-0.15, -0.1) is 0 Å². The summed E-state index contributed by atoms with van der Waals surface area (Å²) in [5, 5.41) is 4.39. The fourth-order valence-electron chi connectivity index (χ4n) is 1.60. The van der Waals surface area contributed by atoms with Crippen LogP contribution in [0.3, 0.4) is 0 Å². The molecule has 0 saturated carbocycles. The Morgan fingerprint density at radius 3 is 2.14 bits per heavy atom. The zero-order valence-electron chi connectivity index (χ0n) is 12.0. The van der Waals surface area contributed by atoms with Crippen molar-refractivity contribution in [3.05, 3.63) is 54.6 Å². The lowest BCUT2D eigenvalue weighted by Crippen LogP contribution is -2.39. The van der Waals surface area contributed by atoms with Gasteiger partial charge >= 0.3 is 6.03 Å². The molecule has 0 heterocycles. The Morgan fingerprint density at radius 1 is 0.909 bits per heavy atom. The Labute approximate surface area is 128 Å². The maximum atomic E-state index is 11.4. The molecule has 0 atom stereocenters. The van der Waals surface area contributed by atoms with Crippen molar-refractivity contribution in [3.8, 4) is 17.2 Å². The molecule has 0 bridgehead atoms. The SMILES string of the molecule is CNC(=O)NC(=O)COc1ccc(Oc2ccccc2)cc1. The number of urea groups is 1. The molecule has 2 rings (SSSR count). The Hall–Kier alpha value is -3.02. The third-order valence-electron chi connectivity index (χ3n) is 2.65. The highest BCUT2D eigenvalue weighted by molar-refractivity contribution is 5.94. The van der Waals surface area contributed by atoms with Crippen molar-refractivity contribution in [2.24, 2.45) is 0 Å². The van der Waals surface area contributed by atoms with Gasteiger partial charge in [-0.05, 0) is 36.4 Å². The molecule has 3 amide bonds. The minimum absolute atomic E-state index is 0.244. The molecule has 2 N–H and O–H groups in total. The average Bonchev–Trinajstić information content (AvgIpc) is 2.55. The predicted molar refractivity (Wildman–Crippen MR) is 81.1 cm³/mol. The van der Waals surface area contributed by atoms with Gasteiger partial charge < -0.3 is 14.8 Å². The summed E-state index contributed by atoms with van der Waals surface area (Å²) in [4.78, 5) is 22.3. The van der Waals surface area contributed by atoms with Gasteiger partial charge in [0.25, 0.3) is 5.91 Å². The summed E-state index contributed by atoms with van der Waals surface area (Å²) < 4.78 is 10.9. The summed E-state index contributed by atoms with van der Waals surface area (Å²) in [7, 11) is 1.43. The molecular weight excluding hydrogens is 284 g/mol. The van der Waals surface area contributed by atoms with E-state index in [1.807, 2.05) is 30.3 Å². The Balaban J connectivity index is 1.84. The molecule has 0 spiro atoms. The van der Waals surface area contributed by atoms with Gasteiger partial charge in [-0.1, -0.05) is 18.2 Å². The second-order valence-corrected chi connectivity index (χ2v) is 4.30. The number of rotatable bonds is 5. The van der Waals surface area contributed by atoms with Crippen LogP contribution in [0.2, 0.25) is 0 Å². The zero-order chi connectivity index (χ0) is 15.8. The molecule has 0 fully saturated rings. The molecule has 6 nitrogen and oxygen atoms in total. The van der Waals surface area contributed by atoms with E-state index >= 15 is 0 Å². The van der Waals surface area contributed by atoms with E-state index in [1.54, 1.807) is 24.3 Å². The topological polar surface area (TPSA) is 76.7 Å². The van der Waals surface area contributed by atoms with E-state index in [9.17, 15) is 9.59 Å². The lowest BCUT2D eigenvalue weighted by Gasteiger charge is -2.08. The summed E-state index contributed by atoms with van der Waals surface area (Å²) in [6, 6.07) is 15.7. The van der Waals surface area contributed by atoms with Crippen LogP contribution < -0.4 is 20.1 Å². The maximum Gasteiger partial charge on any atom is 0.321 e. The third-order valence-corrected chi connectivity index (χ3v) is 2.65. The minimum atomic E-state index is -0.569. The number of carbonyl (C=O) groups is 2. The van der Waals surface area contributed by atoms with Crippen molar-refractivity contribution in [1.82, 2.24) is 10.6 Å². The van der Waals surface area contributed by atoms with Crippen LogP contribution in [0.4, 0.5) is 4.79 Å². The molecule has 0 aliphatic rings. The first kappa shape index (κ1) is 15.4. The summed E-state index contributed by atoms with van der Waals surface area (Å²) >= 11 is 0. The smallest absolute Gasteiger partial charge is 0.321 e. The lowest BCUT2D eigenvalue weighted by molar-refractivity contribution is -0.122. The highest BCUT2D eigenvalue weighted by Gasteiger charge is 2.06. The maximum absolute atomic E-state index is 11.4. The van der Waals surface area contributed by atoms with Crippen LogP contribution in [-0.4, -0.2) is 25.6 Å². The van der Waals surface area contributed by atoms with Crippen molar-refractivity contribution < 1.29 is 19.1 Å². The second-order valence-electron chi connectivity index (χ2n) is 4.30. The molecule has 2 aromatic rings. The first-order valence-electron chi connectivity index (χ1n) is 6.64. The molecule has 0 saturated heterocycles. The van der Waals surface area contributed by atoms with Crippen LogP contribution in [0.1, 0.15) is 0 Å². The molecule has 0 radical (unpaired) electrons. The Morgan fingerprint density at radius 2 is 1.50 bits per heavy atom. The molecule has 0 unspecified atom stereocenters. The number of ether oxygens (including phenoxy) is 2. The monoisotopic (exact) mass is 300 g/mol. The number of hydrogen-bond donors (Lipinski definition) is 2. The molecule has 0 aliphatic carbocycles. The fourth-order valence-corrected chi connectivity index (χ4v) is 1.60. The quantitative estimate of drug-likeness (QED) is 0.888. The number of amides is 3. The standard InChI is InChI=1S/C16H16N2O4/c1-17-16(20)18-15(19)11-21-12-7-9-14(10-8-12)22-13-5-3-2-4-6-13/h2-10H,11H2,1H3,(H2,17,18,19,20). The highest BCUT2D eigenvalue weighted by Crippen LogP contribution is 2.23. The molecule has 0 aromatic heterocycles. The number of imide groups is 1. The van der Waals surface area contributed by atoms with Crippen molar-refractivity contribution in [1.29, 1.82) is 0 Å². The summed E-state index contributed by atoms with van der Waals surface area (Å²) in [5.41, 5.74) is 0. The summed E-state index contributed by atoms with van der Waals surface area (Å²) in [6.07, 6.45) is 0. The summed E-state index contributed by atoms with van der Waals surface area (Å²) in [5.74, 6) is 1.38. The van der Waals surface area contributed by atoms with Gasteiger partial charge in [0.05, 0.1) is 0 Å². The molecular formula is C16H16N2O4. The van der Waals surface area contributed by atoms with Crippen molar-refractivity contribution >= 4 is 11.9 Å². The average molecular weight is 300 g/mol. The molecule has 6 heteroatoms. The normalized spacial score (nSPS) is 9.68. The third kappa shape index (κ3) is 4.82. The van der Waals surface area contributed by atoms with Crippen LogP contribution in [-0.2, 0) is 4.79 Å². The predicted octanol–water partition coefficient (Wildman–Crippen LogP) is 2.31. The van der Waals surface area contributed by atoms with Gasteiger partial charge in [-0.3, -0.25) is 10.1 Å². The number of benzene rings is 2. The van der Waals surface area contributed by atoms with Crippen molar-refractivity contribution in [3.63, 3.8) is 0 Å². The minimum Gasteiger partial charge on any atom is -0.484 e. The van der Waals surface area contributed by atoms with E-state index in [2.05, 4.69) is 10.6 Å². The van der Waals surface area contributed by atoms with Crippen LogP contribution in [0.5, 0.6) is 17.2 Å². The van der Waals surface area contributed by atoms with Gasteiger partial charge in [0.2, 0.25) is 0 Å². The van der Waals surface area contributed by atoms with Crippen molar-refractivity contribution in [2.75, 3.05) is 13.7 Å². The van der Waals surface area contributed by atoms with Crippen molar-refractivity contribution in [2.45, 2.75) is 0 Å². The van der Waals surface area contributed by atoms with Crippen LogP contribution in [0.25, 0.3) is 0 Å². The largest absolute Gasteiger partial charge is 0.484 e. The second kappa shape index (κ2) is 7.68. The first-order chi connectivity index (χ1) is 10.7. The van der Waals surface area contributed by atoms with Gasteiger partial charge in [0.1, 0.15) is 17.2 Å². The Kier molecular flexibility index (Phi) is 5.37. The molecule has 114 valence electrons. The van der Waals surface area contributed by atoms with Gasteiger partial charge in [-0.2, -0.15) is 0 Å². The van der Waals surface area contributed by atoms with Gasteiger partial charge in [0, 0.05) is 7.05 Å². The van der Waals surface area contributed by atoms with E-state index in [4.69, 9.17) is 9.47 Å². The van der Waals surface area contributed by atoms with E-state index in [1.165, 1.54) is 7.05 Å². The van der Waals surface area contributed by atoms with Crippen LogP contribution >= 0.6 is 0 Å². The van der Waals surface area contributed by atoms with Gasteiger partial charge in [0.15, 0.2) is 6.61 Å². The van der Waals surface area contributed by atoms with E-state index in [-0.39, 0.29) is 6.61 Å². The van der Waals surface area contributed by atoms with E-state index < -0.39 is 11.9 Å². The number of nitrogens with one attached hydrogen (secondary N) is 2. The summed E-state index contributed by atoms with van der Waals surface area (Å²) in [6.45, 7) is -0.244. The zero-order valence-corrected chi connectivity index (χ0v) is 12.0. The molecule has 2 aromatic carbocycles. The van der Waals surface area contributed by atoms with Crippen LogP contribution in [0, 0.1) is 0 Å². The number of carbonyl (C=O) groups excluding carboxylic acids is 2. The first-order valence-corrected chi connectivity index (χ1v) is 6.64. The molecule has 0 aliphatic heterocycles. The van der Waals surface area contributed by atoms with E-state index in [0.29, 0.717) is 11.5 Å². The van der Waals surface area contributed by atoms with Crippen LogP contribution in [0.15, 0.2) is 54.6 Å². The lowest BCUT2D eigenvalue weighted by atomic mass is 10.3. The van der Waals surface area contributed by atoms with E-state index in [0.717, 1.165) is 5.75 Å². The fraction of sp³-hybridized carbons (Fsp3) is 0.125. The highest BCUT2D eigenvalue weighted by atomic mass is 16.5. The number of hydrogen-bond acceptors (Lipinski definition) is 4.